The Morgan fingerprint density at radius 1 is 0.246 bits per heavy atom. The van der Waals surface area contributed by atoms with Gasteiger partial charge in [0.05, 0.1) is 5.69 Å². The molecule has 11 aromatic rings. The Labute approximate surface area is 332 Å². The Morgan fingerprint density at radius 3 is 1.21 bits per heavy atom. The molecule has 1 heteroatoms. The lowest BCUT2D eigenvalue weighted by atomic mass is 9.89. The van der Waals surface area contributed by atoms with Crippen LogP contribution in [0.3, 0.4) is 0 Å². The number of nitrogens with zero attached hydrogens (tertiary/aromatic N) is 1. The lowest BCUT2D eigenvalue weighted by Gasteiger charge is -2.31. The molecule has 0 N–H and O–H groups in total. The standard InChI is InChI=1S/C56H37N/c1-2-16-43-37-44(28-27-38(43)13-1)55-53-23-9-7-21-51(53)52-22-8-10-24-54(52)56(55)57(45-33-29-41(30-34-45)49-25-11-17-39-14-3-5-19-47(39)49)46-35-31-42(32-36-46)50-26-12-18-40-15-4-6-20-48(40)50/h1-37H. The van der Waals surface area contributed by atoms with Crippen molar-refractivity contribution in [3.8, 4) is 33.4 Å². The molecule has 0 amide bonds. The van der Waals surface area contributed by atoms with E-state index in [0.29, 0.717) is 0 Å². The highest BCUT2D eigenvalue weighted by Crippen LogP contribution is 2.50. The maximum Gasteiger partial charge on any atom is 0.0624 e. The van der Waals surface area contributed by atoms with Crippen LogP contribution < -0.4 is 4.90 Å². The summed E-state index contributed by atoms with van der Waals surface area (Å²) in [6.07, 6.45) is 0. The number of benzene rings is 11. The number of hydrogen-bond donors (Lipinski definition) is 0. The molecule has 0 fully saturated rings. The maximum atomic E-state index is 2.49. The van der Waals surface area contributed by atoms with Crippen LogP contribution in [0.1, 0.15) is 0 Å². The molecule has 0 aromatic heterocycles. The number of anilines is 3. The van der Waals surface area contributed by atoms with Gasteiger partial charge < -0.3 is 4.90 Å². The zero-order valence-corrected chi connectivity index (χ0v) is 31.3. The Balaban J connectivity index is 1.18. The first-order valence-corrected chi connectivity index (χ1v) is 19.7. The minimum atomic E-state index is 1.10. The van der Waals surface area contributed by atoms with Crippen LogP contribution >= 0.6 is 0 Å². The summed E-state index contributed by atoms with van der Waals surface area (Å²) in [7, 11) is 0. The zero-order valence-electron chi connectivity index (χ0n) is 31.3. The van der Waals surface area contributed by atoms with Crippen LogP contribution in [0.5, 0.6) is 0 Å². The van der Waals surface area contributed by atoms with E-state index in [1.807, 2.05) is 0 Å². The highest BCUT2D eigenvalue weighted by atomic mass is 15.1. The summed E-state index contributed by atoms with van der Waals surface area (Å²) in [5, 5.41) is 12.4. The first kappa shape index (κ1) is 32.9. The van der Waals surface area contributed by atoms with Gasteiger partial charge in [-0.15, -0.1) is 0 Å². The van der Waals surface area contributed by atoms with E-state index in [2.05, 4.69) is 229 Å². The van der Waals surface area contributed by atoms with Gasteiger partial charge in [0, 0.05) is 22.3 Å². The van der Waals surface area contributed by atoms with Gasteiger partial charge in [-0.25, -0.2) is 0 Å². The molecule has 0 atom stereocenters. The molecule has 0 aliphatic carbocycles. The second-order valence-electron chi connectivity index (χ2n) is 14.9. The molecule has 0 saturated heterocycles. The number of fused-ring (bicyclic) bond motifs is 6. The SMILES string of the molecule is c1ccc2cc(-c3c(N(c4ccc(-c5cccc6ccccc56)cc4)c4ccc(-c5cccc6ccccc56)cc4)c4ccccc4c4ccccc34)ccc2c1. The fraction of sp³-hybridized carbons (Fsp3) is 0. The fourth-order valence-electron chi connectivity index (χ4n) is 8.93. The van der Waals surface area contributed by atoms with Crippen molar-refractivity contribution in [3.63, 3.8) is 0 Å². The van der Waals surface area contributed by atoms with E-state index in [1.54, 1.807) is 0 Å². The van der Waals surface area contributed by atoms with Gasteiger partial charge in [0.1, 0.15) is 0 Å². The third kappa shape index (κ3) is 5.63. The van der Waals surface area contributed by atoms with Crippen molar-refractivity contribution in [2.24, 2.45) is 0 Å². The van der Waals surface area contributed by atoms with Gasteiger partial charge >= 0.3 is 0 Å². The van der Waals surface area contributed by atoms with Crippen LogP contribution in [-0.2, 0) is 0 Å². The minimum Gasteiger partial charge on any atom is -0.309 e. The van der Waals surface area contributed by atoms with E-state index in [-0.39, 0.29) is 0 Å². The first-order chi connectivity index (χ1) is 28.3. The predicted octanol–water partition coefficient (Wildman–Crippen LogP) is 15.9. The fourth-order valence-corrected chi connectivity index (χ4v) is 8.93. The van der Waals surface area contributed by atoms with Crippen molar-refractivity contribution >= 4 is 70.9 Å². The highest BCUT2D eigenvalue weighted by molar-refractivity contribution is 6.23. The summed E-state index contributed by atoms with van der Waals surface area (Å²) in [5.41, 5.74) is 10.6. The Kier molecular flexibility index (Phi) is 7.89. The average molecular weight is 724 g/mol. The molecule has 1 nitrogen and oxygen atoms in total. The molecule has 57 heavy (non-hydrogen) atoms. The van der Waals surface area contributed by atoms with Crippen LogP contribution in [0.2, 0.25) is 0 Å². The Morgan fingerprint density at radius 2 is 0.649 bits per heavy atom. The van der Waals surface area contributed by atoms with E-state index in [0.717, 1.165) is 17.1 Å². The molecular weight excluding hydrogens is 687 g/mol. The molecule has 0 spiro atoms. The third-order valence-corrected chi connectivity index (χ3v) is 11.6. The summed E-state index contributed by atoms with van der Waals surface area (Å²) in [6, 6.07) is 82.2. The zero-order chi connectivity index (χ0) is 37.7. The van der Waals surface area contributed by atoms with Crippen LogP contribution in [0.4, 0.5) is 17.1 Å². The van der Waals surface area contributed by atoms with Gasteiger partial charge in [-0.2, -0.15) is 0 Å². The van der Waals surface area contributed by atoms with Gasteiger partial charge in [-0.1, -0.05) is 194 Å². The molecule has 0 aliphatic rings. The van der Waals surface area contributed by atoms with Crippen molar-refractivity contribution in [2.45, 2.75) is 0 Å². The van der Waals surface area contributed by atoms with E-state index in [4.69, 9.17) is 0 Å². The van der Waals surface area contributed by atoms with Crippen LogP contribution in [0.25, 0.3) is 87.2 Å². The number of hydrogen-bond acceptors (Lipinski definition) is 1. The quantitative estimate of drug-likeness (QED) is 0.154. The molecule has 266 valence electrons. The van der Waals surface area contributed by atoms with Crippen LogP contribution in [-0.4, -0.2) is 0 Å². The summed E-state index contributed by atoms with van der Waals surface area (Å²) >= 11 is 0. The smallest absolute Gasteiger partial charge is 0.0624 e. The second-order valence-corrected chi connectivity index (χ2v) is 14.9. The third-order valence-electron chi connectivity index (χ3n) is 11.6. The lowest BCUT2D eigenvalue weighted by molar-refractivity contribution is 1.30. The van der Waals surface area contributed by atoms with E-state index in [9.17, 15) is 0 Å². The van der Waals surface area contributed by atoms with Crippen molar-refractivity contribution < 1.29 is 0 Å². The minimum absolute atomic E-state index is 1.10. The molecule has 0 heterocycles. The van der Waals surface area contributed by atoms with Gasteiger partial charge in [0.25, 0.3) is 0 Å². The maximum absolute atomic E-state index is 2.49. The van der Waals surface area contributed by atoms with E-state index in [1.165, 1.54) is 87.2 Å². The van der Waals surface area contributed by atoms with Crippen molar-refractivity contribution in [1.82, 2.24) is 0 Å². The highest BCUT2D eigenvalue weighted by Gasteiger charge is 2.24. The molecule has 11 aromatic carbocycles. The molecule has 0 unspecified atom stereocenters. The van der Waals surface area contributed by atoms with E-state index >= 15 is 0 Å². The summed E-state index contributed by atoms with van der Waals surface area (Å²) in [4.78, 5) is 2.49. The number of rotatable bonds is 6. The molecule has 0 radical (unpaired) electrons. The van der Waals surface area contributed by atoms with Crippen molar-refractivity contribution in [1.29, 1.82) is 0 Å². The van der Waals surface area contributed by atoms with Gasteiger partial charge in [-0.3, -0.25) is 0 Å². The summed E-state index contributed by atoms with van der Waals surface area (Å²) in [6.45, 7) is 0. The molecule has 0 saturated carbocycles. The summed E-state index contributed by atoms with van der Waals surface area (Å²) < 4.78 is 0. The van der Waals surface area contributed by atoms with Crippen molar-refractivity contribution in [2.75, 3.05) is 4.90 Å². The Hall–Kier alpha value is -7.48. The Bertz CT molecular complexity index is 3150. The van der Waals surface area contributed by atoms with E-state index < -0.39 is 0 Å². The molecule has 0 aliphatic heterocycles. The monoisotopic (exact) mass is 723 g/mol. The van der Waals surface area contributed by atoms with Crippen LogP contribution in [0, 0.1) is 0 Å². The molecule has 11 rings (SSSR count). The topological polar surface area (TPSA) is 3.24 Å². The molecule has 0 bridgehead atoms. The predicted molar refractivity (Wildman–Crippen MR) is 245 cm³/mol. The van der Waals surface area contributed by atoms with Crippen LogP contribution in [0.15, 0.2) is 224 Å². The average Bonchev–Trinajstić information content (AvgIpc) is 3.29. The normalized spacial score (nSPS) is 11.5. The molecular formula is C56H37N. The van der Waals surface area contributed by atoms with Crippen molar-refractivity contribution in [3.05, 3.63) is 224 Å². The van der Waals surface area contributed by atoms with Gasteiger partial charge in [0.15, 0.2) is 0 Å². The lowest BCUT2D eigenvalue weighted by Crippen LogP contribution is -2.12. The first-order valence-electron chi connectivity index (χ1n) is 19.7. The summed E-state index contributed by atoms with van der Waals surface area (Å²) in [5.74, 6) is 0. The van der Waals surface area contributed by atoms with Gasteiger partial charge in [0.2, 0.25) is 0 Å². The van der Waals surface area contributed by atoms with Gasteiger partial charge in [-0.05, 0) is 107 Å². The second kappa shape index (κ2) is 13.7. The largest absolute Gasteiger partial charge is 0.309 e.